The van der Waals surface area contributed by atoms with Crippen molar-refractivity contribution in [3.63, 3.8) is 0 Å². The van der Waals surface area contributed by atoms with E-state index in [0.29, 0.717) is 6.54 Å². The Hall–Kier alpha value is -1.55. The lowest BCUT2D eigenvalue weighted by Gasteiger charge is -2.22. The van der Waals surface area contributed by atoms with Gasteiger partial charge in [-0.05, 0) is 37.1 Å². The summed E-state index contributed by atoms with van der Waals surface area (Å²) in [5, 5.41) is 0. The fourth-order valence-electron chi connectivity index (χ4n) is 2.46. The maximum Gasteiger partial charge on any atom is 0.236 e. The first-order valence-electron chi connectivity index (χ1n) is 6.51. The maximum absolute atomic E-state index is 12.0. The van der Waals surface area contributed by atoms with Gasteiger partial charge in [-0.15, -0.1) is 0 Å². The number of nitrogen functional groups attached to an aromatic ring is 1. The van der Waals surface area contributed by atoms with Gasteiger partial charge in [0, 0.05) is 31.9 Å². The molecule has 98 valence electrons. The topological polar surface area (TPSA) is 49.6 Å². The lowest BCUT2D eigenvalue weighted by Crippen LogP contribution is -2.38. The molecule has 0 aliphatic carbocycles. The molecule has 18 heavy (non-hydrogen) atoms. The molecular weight excluding hydrogens is 226 g/mol. The summed E-state index contributed by atoms with van der Waals surface area (Å²) >= 11 is 0. The first kappa shape index (κ1) is 12.9. The molecule has 0 bridgehead atoms. The van der Waals surface area contributed by atoms with Crippen molar-refractivity contribution in [3.05, 3.63) is 29.3 Å². The summed E-state index contributed by atoms with van der Waals surface area (Å²) in [6.45, 7) is 7.76. The van der Waals surface area contributed by atoms with Crippen molar-refractivity contribution in [1.29, 1.82) is 0 Å². The summed E-state index contributed by atoms with van der Waals surface area (Å²) in [5.41, 5.74) is 9.11. The summed E-state index contributed by atoms with van der Waals surface area (Å²) in [6, 6.07) is 6.00. The Balaban J connectivity index is 1.97. The second-order valence-electron chi connectivity index (χ2n) is 4.74. The van der Waals surface area contributed by atoms with E-state index in [1.165, 1.54) is 11.1 Å². The van der Waals surface area contributed by atoms with E-state index in [1.54, 1.807) is 0 Å². The van der Waals surface area contributed by atoms with Crippen LogP contribution in [0, 0.1) is 0 Å². The van der Waals surface area contributed by atoms with E-state index < -0.39 is 0 Å². The molecule has 0 spiro atoms. The number of rotatable bonds is 4. The molecule has 0 saturated heterocycles. The number of benzene rings is 1. The third kappa shape index (κ3) is 2.64. The van der Waals surface area contributed by atoms with Crippen molar-refractivity contribution in [2.45, 2.75) is 26.9 Å². The molecular formula is C14H21N3O. The average Bonchev–Trinajstić information content (AvgIpc) is 2.71. The van der Waals surface area contributed by atoms with Crippen LogP contribution in [-0.4, -0.2) is 35.3 Å². The van der Waals surface area contributed by atoms with Crippen molar-refractivity contribution in [2.75, 3.05) is 25.4 Å². The maximum atomic E-state index is 12.0. The molecule has 1 aliphatic heterocycles. The van der Waals surface area contributed by atoms with Crippen LogP contribution in [0.5, 0.6) is 0 Å². The van der Waals surface area contributed by atoms with Crippen LogP contribution >= 0.6 is 0 Å². The van der Waals surface area contributed by atoms with Crippen molar-refractivity contribution in [1.82, 2.24) is 9.80 Å². The van der Waals surface area contributed by atoms with Gasteiger partial charge in [0.05, 0.1) is 6.54 Å². The van der Waals surface area contributed by atoms with E-state index in [4.69, 9.17) is 5.73 Å². The smallest absolute Gasteiger partial charge is 0.236 e. The molecule has 1 aliphatic rings. The van der Waals surface area contributed by atoms with E-state index >= 15 is 0 Å². The van der Waals surface area contributed by atoms with E-state index in [9.17, 15) is 4.79 Å². The van der Waals surface area contributed by atoms with Crippen LogP contribution in [0.2, 0.25) is 0 Å². The van der Waals surface area contributed by atoms with E-state index in [0.717, 1.165) is 31.9 Å². The highest BCUT2D eigenvalue weighted by Gasteiger charge is 2.22. The number of anilines is 1. The molecule has 1 heterocycles. The first-order valence-corrected chi connectivity index (χ1v) is 6.51. The third-order valence-electron chi connectivity index (χ3n) is 3.49. The zero-order valence-corrected chi connectivity index (χ0v) is 11.1. The van der Waals surface area contributed by atoms with E-state index in [1.807, 2.05) is 30.9 Å². The fraction of sp³-hybridized carbons (Fsp3) is 0.500. The monoisotopic (exact) mass is 247 g/mol. The summed E-state index contributed by atoms with van der Waals surface area (Å²) in [4.78, 5) is 16.1. The van der Waals surface area contributed by atoms with Gasteiger partial charge in [0.25, 0.3) is 0 Å². The first-order chi connectivity index (χ1) is 8.63. The van der Waals surface area contributed by atoms with Gasteiger partial charge in [0.2, 0.25) is 5.91 Å². The number of nitrogens with zero attached hydrogens (tertiary/aromatic N) is 2. The predicted molar refractivity (Wildman–Crippen MR) is 72.9 cm³/mol. The normalized spacial score (nSPS) is 14.6. The minimum absolute atomic E-state index is 0.209. The highest BCUT2D eigenvalue weighted by molar-refractivity contribution is 5.78. The summed E-state index contributed by atoms with van der Waals surface area (Å²) in [5.74, 6) is 0.209. The van der Waals surface area contributed by atoms with Gasteiger partial charge >= 0.3 is 0 Å². The fourth-order valence-corrected chi connectivity index (χ4v) is 2.46. The second-order valence-corrected chi connectivity index (χ2v) is 4.74. The number of carbonyl (C=O) groups is 1. The molecule has 2 N–H and O–H groups in total. The Morgan fingerprint density at radius 1 is 1.28 bits per heavy atom. The summed E-state index contributed by atoms with van der Waals surface area (Å²) in [7, 11) is 0. The summed E-state index contributed by atoms with van der Waals surface area (Å²) < 4.78 is 0. The number of fused-ring (bicyclic) bond motifs is 1. The predicted octanol–water partition coefficient (Wildman–Crippen LogP) is 1.45. The molecule has 2 rings (SSSR count). The Bertz CT molecular complexity index is 441. The van der Waals surface area contributed by atoms with E-state index in [-0.39, 0.29) is 5.91 Å². The van der Waals surface area contributed by atoms with Crippen LogP contribution in [-0.2, 0) is 17.9 Å². The SMILES string of the molecule is CCN(CC)C(=O)CN1Cc2ccc(N)cc2C1. The molecule has 0 radical (unpaired) electrons. The number of carbonyl (C=O) groups excluding carboxylic acids is 1. The van der Waals surface area contributed by atoms with Gasteiger partial charge in [-0.3, -0.25) is 9.69 Å². The zero-order valence-electron chi connectivity index (χ0n) is 11.1. The largest absolute Gasteiger partial charge is 0.399 e. The number of hydrogen-bond donors (Lipinski definition) is 1. The van der Waals surface area contributed by atoms with Gasteiger partial charge in [-0.25, -0.2) is 0 Å². The standard InChI is InChI=1S/C14H21N3O/c1-3-17(4-2)14(18)10-16-8-11-5-6-13(15)7-12(11)9-16/h5-7H,3-4,8-10,15H2,1-2H3. The van der Waals surface area contributed by atoms with Crippen LogP contribution in [0.4, 0.5) is 5.69 Å². The van der Waals surface area contributed by atoms with Gasteiger partial charge in [-0.1, -0.05) is 6.07 Å². The van der Waals surface area contributed by atoms with E-state index in [2.05, 4.69) is 11.0 Å². The number of amides is 1. The number of likely N-dealkylation sites (N-methyl/N-ethyl adjacent to an activating group) is 1. The lowest BCUT2D eigenvalue weighted by molar-refractivity contribution is -0.132. The zero-order chi connectivity index (χ0) is 13.1. The van der Waals surface area contributed by atoms with Crippen molar-refractivity contribution in [2.24, 2.45) is 0 Å². The van der Waals surface area contributed by atoms with Crippen LogP contribution < -0.4 is 5.73 Å². The Kier molecular flexibility index (Phi) is 3.87. The van der Waals surface area contributed by atoms with Gasteiger partial charge in [-0.2, -0.15) is 0 Å². The molecule has 0 aromatic heterocycles. The quantitative estimate of drug-likeness (QED) is 0.819. The Morgan fingerprint density at radius 3 is 2.61 bits per heavy atom. The Morgan fingerprint density at radius 2 is 1.94 bits per heavy atom. The molecule has 0 saturated carbocycles. The van der Waals surface area contributed by atoms with Gasteiger partial charge < -0.3 is 10.6 Å². The molecule has 4 heteroatoms. The van der Waals surface area contributed by atoms with Crippen LogP contribution in [0.1, 0.15) is 25.0 Å². The second kappa shape index (κ2) is 5.40. The van der Waals surface area contributed by atoms with Crippen LogP contribution in [0.3, 0.4) is 0 Å². The van der Waals surface area contributed by atoms with Crippen LogP contribution in [0.15, 0.2) is 18.2 Å². The third-order valence-corrected chi connectivity index (χ3v) is 3.49. The van der Waals surface area contributed by atoms with Gasteiger partial charge in [0.1, 0.15) is 0 Å². The molecule has 0 fully saturated rings. The molecule has 1 aromatic carbocycles. The molecule has 1 amide bonds. The van der Waals surface area contributed by atoms with Crippen molar-refractivity contribution in [3.8, 4) is 0 Å². The minimum Gasteiger partial charge on any atom is -0.399 e. The highest BCUT2D eigenvalue weighted by Crippen LogP contribution is 2.24. The average molecular weight is 247 g/mol. The van der Waals surface area contributed by atoms with Crippen molar-refractivity contribution >= 4 is 11.6 Å². The molecule has 4 nitrogen and oxygen atoms in total. The number of hydrogen-bond acceptors (Lipinski definition) is 3. The molecule has 0 atom stereocenters. The highest BCUT2D eigenvalue weighted by atomic mass is 16.2. The van der Waals surface area contributed by atoms with Gasteiger partial charge in [0.15, 0.2) is 0 Å². The lowest BCUT2D eigenvalue weighted by atomic mass is 10.1. The number of nitrogens with two attached hydrogens (primary N) is 1. The molecule has 0 unspecified atom stereocenters. The minimum atomic E-state index is 0.209. The molecule has 1 aromatic rings. The summed E-state index contributed by atoms with van der Waals surface area (Å²) in [6.07, 6.45) is 0. The Labute approximate surface area is 108 Å². The van der Waals surface area contributed by atoms with Crippen LogP contribution in [0.25, 0.3) is 0 Å². The van der Waals surface area contributed by atoms with Crippen molar-refractivity contribution < 1.29 is 4.79 Å².